The number of thioether (sulfide) groups is 1. The van der Waals surface area contributed by atoms with Crippen molar-refractivity contribution < 1.29 is 13.9 Å². The highest BCUT2D eigenvalue weighted by Crippen LogP contribution is 2.32. The molecule has 138 valence electrons. The summed E-state index contributed by atoms with van der Waals surface area (Å²) in [5, 5.41) is 11.6. The van der Waals surface area contributed by atoms with Crippen molar-refractivity contribution in [3.8, 4) is 5.75 Å². The first-order valence-electron chi connectivity index (χ1n) is 8.51. The van der Waals surface area contributed by atoms with Crippen LogP contribution in [0.3, 0.4) is 0 Å². The Morgan fingerprint density at radius 1 is 1.33 bits per heavy atom. The first-order chi connectivity index (χ1) is 13.2. The molecule has 0 aliphatic rings. The standard InChI is InChI=1S/C19H18N4O3S/c1-3-17(18(24)21-12-6-4-5-7-15(12)25-2)27-19-14-10-16-13(8-9-26-16)23(14)11-20-22-19/h4-11,17H,3H2,1-2H3,(H,21,24)/t17-/m0/s1. The van der Waals surface area contributed by atoms with Crippen LogP contribution in [0.1, 0.15) is 13.3 Å². The molecule has 0 saturated heterocycles. The SMILES string of the molecule is CC[C@H](Sc1nncn2c1cc1occc12)C(=O)Nc1ccccc1OC. The molecule has 1 aromatic carbocycles. The summed E-state index contributed by atoms with van der Waals surface area (Å²) in [7, 11) is 1.58. The van der Waals surface area contributed by atoms with Crippen LogP contribution < -0.4 is 10.1 Å². The molecule has 0 aliphatic heterocycles. The molecule has 0 fully saturated rings. The molecule has 1 amide bonds. The lowest BCUT2D eigenvalue weighted by Gasteiger charge is -2.16. The van der Waals surface area contributed by atoms with E-state index in [0.29, 0.717) is 22.9 Å². The number of carbonyl (C=O) groups excluding carboxylic acids is 1. The van der Waals surface area contributed by atoms with Crippen LogP contribution in [0.4, 0.5) is 5.69 Å². The van der Waals surface area contributed by atoms with Gasteiger partial charge in [-0.25, -0.2) is 0 Å². The molecule has 7 nitrogen and oxygen atoms in total. The maximum absolute atomic E-state index is 12.8. The van der Waals surface area contributed by atoms with E-state index in [0.717, 1.165) is 16.6 Å². The third-order valence-electron chi connectivity index (χ3n) is 4.28. The second-order valence-electron chi connectivity index (χ2n) is 5.91. The molecule has 3 heterocycles. The van der Waals surface area contributed by atoms with Crippen molar-refractivity contribution in [2.24, 2.45) is 0 Å². The van der Waals surface area contributed by atoms with Crippen LogP contribution in [0, 0.1) is 0 Å². The number of furan rings is 1. The van der Waals surface area contributed by atoms with Gasteiger partial charge in [0.05, 0.1) is 35.3 Å². The normalized spacial score (nSPS) is 12.4. The Kier molecular flexibility index (Phi) is 4.72. The molecular weight excluding hydrogens is 364 g/mol. The summed E-state index contributed by atoms with van der Waals surface area (Å²) in [5.41, 5.74) is 3.20. The minimum Gasteiger partial charge on any atom is -0.495 e. The largest absolute Gasteiger partial charge is 0.495 e. The van der Waals surface area contributed by atoms with Crippen molar-refractivity contribution in [1.82, 2.24) is 14.6 Å². The van der Waals surface area contributed by atoms with Crippen molar-refractivity contribution in [3.63, 3.8) is 0 Å². The highest BCUT2D eigenvalue weighted by atomic mass is 32.2. The fourth-order valence-corrected chi connectivity index (χ4v) is 3.89. The third-order valence-corrected chi connectivity index (χ3v) is 5.62. The number of aromatic nitrogens is 3. The Morgan fingerprint density at radius 2 is 2.19 bits per heavy atom. The summed E-state index contributed by atoms with van der Waals surface area (Å²) in [4.78, 5) is 12.8. The van der Waals surface area contributed by atoms with Gasteiger partial charge in [0.2, 0.25) is 5.91 Å². The summed E-state index contributed by atoms with van der Waals surface area (Å²) >= 11 is 1.39. The zero-order chi connectivity index (χ0) is 18.8. The van der Waals surface area contributed by atoms with Gasteiger partial charge in [0.25, 0.3) is 0 Å². The van der Waals surface area contributed by atoms with Gasteiger partial charge in [-0.1, -0.05) is 30.8 Å². The van der Waals surface area contributed by atoms with E-state index < -0.39 is 0 Å². The topological polar surface area (TPSA) is 81.7 Å². The minimum absolute atomic E-state index is 0.106. The molecule has 0 unspecified atom stereocenters. The zero-order valence-corrected chi connectivity index (χ0v) is 15.7. The van der Waals surface area contributed by atoms with Gasteiger partial charge in [0, 0.05) is 12.1 Å². The maximum Gasteiger partial charge on any atom is 0.238 e. The molecule has 8 heteroatoms. The molecule has 4 rings (SSSR count). The minimum atomic E-state index is -0.323. The van der Waals surface area contributed by atoms with Gasteiger partial charge in [-0.3, -0.25) is 9.20 Å². The van der Waals surface area contributed by atoms with E-state index in [-0.39, 0.29) is 11.2 Å². The number of anilines is 1. The summed E-state index contributed by atoms with van der Waals surface area (Å²) in [6.07, 6.45) is 3.93. The zero-order valence-electron chi connectivity index (χ0n) is 14.9. The third kappa shape index (κ3) is 3.23. The number of hydrogen-bond donors (Lipinski definition) is 1. The lowest BCUT2D eigenvalue weighted by atomic mass is 10.2. The summed E-state index contributed by atoms with van der Waals surface area (Å²) in [6, 6.07) is 11.1. The van der Waals surface area contributed by atoms with Crippen molar-refractivity contribution >= 4 is 40.0 Å². The predicted molar refractivity (Wildman–Crippen MR) is 104 cm³/mol. The van der Waals surface area contributed by atoms with Gasteiger partial charge in [-0.2, -0.15) is 0 Å². The van der Waals surface area contributed by atoms with E-state index in [1.807, 2.05) is 47.7 Å². The van der Waals surface area contributed by atoms with Gasteiger partial charge < -0.3 is 14.5 Å². The lowest BCUT2D eigenvalue weighted by molar-refractivity contribution is -0.115. The van der Waals surface area contributed by atoms with Crippen LogP contribution >= 0.6 is 11.8 Å². The van der Waals surface area contributed by atoms with Gasteiger partial charge in [-0.05, 0) is 18.6 Å². The van der Waals surface area contributed by atoms with Gasteiger partial charge >= 0.3 is 0 Å². The number of amides is 1. The van der Waals surface area contributed by atoms with Crippen LogP contribution in [0.5, 0.6) is 5.75 Å². The number of nitrogens with one attached hydrogen (secondary N) is 1. The van der Waals surface area contributed by atoms with Crippen molar-refractivity contribution in [3.05, 3.63) is 49.0 Å². The fourth-order valence-electron chi connectivity index (χ4n) is 2.92. The molecule has 0 bridgehead atoms. The fraction of sp³-hybridized carbons (Fsp3) is 0.211. The summed E-state index contributed by atoms with van der Waals surface area (Å²) < 4.78 is 12.7. The number of ether oxygens (including phenoxy) is 1. The second kappa shape index (κ2) is 7.32. The number of benzene rings is 1. The van der Waals surface area contributed by atoms with Gasteiger partial charge in [0.15, 0.2) is 5.58 Å². The molecule has 0 aliphatic carbocycles. The molecule has 0 radical (unpaired) electrons. The van der Waals surface area contributed by atoms with Gasteiger partial charge in [0.1, 0.15) is 17.1 Å². The monoisotopic (exact) mass is 382 g/mol. The van der Waals surface area contributed by atoms with Crippen molar-refractivity contribution in [2.75, 3.05) is 12.4 Å². The van der Waals surface area contributed by atoms with E-state index in [1.165, 1.54) is 11.8 Å². The smallest absolute Gasteiger partial charge is 0.238 e. The summed E-state index contributed by atoms with van der Waals surface area (Å²) in [5.74, 6) is 0.519. The highest BCUT2D eigenvalue weighted by Gasteiger charge is 2.22. The predicted octanol–water partition coefficient (Wildman–Crippen LogP) is 3.99. The van der Waals surface area contributed by atoms with Crippen LogP contribution in [0.2, 0.25) is 0 Å². The number of para-hydroxylation sites is 2. The van der Waals surface area contributed by atoms with E-state index >= 15 is 0 Å². The number of fused-ring (bicyclic) bond motifs is 3. The molecule has 27 heavy (non-hydrogen) atoms. The molecular formula is C19H18N4O3S. The van der Waals surface area contributed by atoms with Crippen LogP contribution in [0.15, 0.2) is 58.4 Å². The van der Waals surface area contributed by atoms with E-state index in [1.54, 1.807) is 19.7 Å². The number of hydrogen-bond acceptors (Lipinski definition) is 6. The van der Waals surface area contributed by atoms with E-state index in [4.69, 9.17) is 9.15 Å². The average molecular weight is 382 g/mol. The molecule has 3 aromatic heterocycles. The first-order valence-corrected chi connectivity index (χ1v) is 9.39. The van der Waals surface area contributed by atoms with Crippen molar-refractivity contribution in [2.45, 2.75) is 23.6 Å². The lowest BCUT2D eigenvalue weighted by Crippen LogP contribution is -2.25. The number of nitrogens with zero attached hydrogens (tertiary/aromatic N) is 3. The molecule has 0 saturated carbocycles. The van der Waals surface area contributed by atoms with Gasteiger partial charge in [-0.15, -0.1) is 10.2 Å². The second-order valence-corrected chi connectivity index (χ2v) is 7.10. The quantitative estimate of drug-likeness (QED) is 0.508. The molecule has 1 atom stereocenters. The Labute approximate surface area is 159 Å². The number of methoxy groups -OCH3 is 1. The molecule has 4 aromatic rings. The maximum atomic E-state index is 12.8. The number of carbonyl (C=O) groups is 1. The van der Waals surface area contributed by atoms with E-state index in [2.05, 4.69) is 15.5 Å². The average Bonchev–Trinajstić information content (AvgIpc) is 3.28. The van der Waals surface area contributed by atoms with Crippen LogP contribution in [-0.2, 0) is 4.79 Å². The Hall–Kier alpha value is -3.00. The highest BCUT2D eigenvalue weighted by molar-refractivity contribution is 8.00. The molecule has 1 N–H and O–H groups in total. The Morgan fingerprint density at radius 3 is 3.00 bits per heavy atom. The van der Waals surface area contributed by atoms with E-state index in [9.17, 15) is 4.79 Å². The molecule has 0 spiro atoms. The Balaban J connectivity index is 1.60. The number of rotatable bonds is 6. The Bertz CT molecular complexity index is 1100. The van der Waals surface area contributed by atoms with Crippen molar-refractivity contribution in [1.29, 1.82) is 0 Å². The first kappa shape index (κ1) is 17.4. The summed E-state index contributed by atoms with van der Waals surface area (Å²) in [6.45, 7) is 1.97. The van der Waals surface area contributed by atoms with Crippen LogP contribution in [0.25, 0.3) is 16.6 Å². The van der Waals surface area contributed by atoms with Crippen LogP contribution in [-0.4, -0.2) is 32.9 Å².